The van der Waals surface area contributed by atoms with E-state index in [0.29, 0.717) is 15.1 Å². The van der Waals surface area contributed by atoms with E-state index in [-0.39, 0.29) is 10.7 Å². The number of aromatic nitrogens is 2. The number of hydrogen-bond acceptors (Lipinski definition) is 4. The number of nitrogens with zero attached hydrogens (tertiary/aromatic N) is 2. The zero-order valence-electron chi connectivity index (χ0n) is 9.85. The largest absolute Gasteiger partial charge is 0.383 e. The smallest absolute Gasteiger partial charge is 0.141 e. The molecule has 3 rings (SSSR count). The van der Waals surface area contributed by atoms with Gasteiger partial charge in [0.2, 0.25) is 0 Å². The molecule has 0 aliphatic carbocycles. The molecule has 3 aromatic rings. The van der Waals surface area contributed by atoms with Crippen molar-refractivity contribution in [2.24, 2.45) is 0 Å². The highest BCUT2D eigenvalue weighted by atomic mass is 35.5. The standard InChI is InChI=1S/C13H7ClF2N2OS/c14-12-6-4-9(20-13(6)18-5-17-12)11(19)10-7(15)2-1-3-8(10)16/h1-5,11,19H. The molecule has 1 aromatic carbocycles. The second-order valence-corrected chi connectivity index (χ2v) is 5.49. The van der Waals surface area contributed by atoms with E-state index < -0.39 is 17.7 Å². The minimum atomic E-state index is -1.41. The van der Waals surface area contributed by atoms with Gasteiger partial charge in [0.25, 0.3) is 0 Å². The molecule has 0 fully saturated rings. The lowest BCUT2D eigenvalue weighted by Crippen LogP contribution is -2.03. The lowest BCUT2D eigenvalue weighted by Gasteiger charge is -2.10. The van der Waals surface area contributed by atoms with E-state index in [1.807, 2.05) is 0 Å². The molecule has 1 atom stereocenters. The number of halogens is 3. The maximum Gasteiger partial charge on any atom is 0.141 e. The van der Waals surface area contributed by atoms with Crippen molar-refractivity contribution in [1.29, 1.82) is 0 Å². The number of rotatable bonds is 2. The lowest BCUT2D eigenvalue weighted by molar-refractivity contribution is 0.213. The molecule has 0 saturated carbocycles. The van der Waals surface area contributed by atoms with Crippen LogP contribution in [0.1, 0.15) is 16.5 Å². The summed E-state index contributed by atoms with van der Waals surface area (Å²) in [5, 5.41) is 11.0. The van der Waals surface area contributed by atoms with E-state index in [0.717, 1.165) is 23.5 Å². The van der Waals surface area contributed by atoms with Crippen LogP contribution in [0.4, 0.5) is 8.78 Å². The van der Waals surface area contributed by atoms with Gasteiger partial charge in [-0.1, -0.05) is 17.7 Å². The second kappa shape index (κ2) is 5.05. The van der Waals surface area contributed by atoms with Crippen LogP contribution in [0.25, 0.3) is 10.2 Å². The van der Waals surface area contributed by atoms with Gasteiger partial charge < -0.3 is 5.11 Å². The number of aliphatic hydroxyl groups excluding tert-OH is 1. The Bertz CT molecular complexity index is 773. The molecule has 1 N–H and O–H groups in total. The van der Waals surface area contributed by atoms with Crippen molar-refractivity contribution in [3.8, 4) is 0 Å². The maximum absolute atomic E-state index is 13.7. The average Bonchev–Trinajstić information content (AvgIpc) is 2.84. The van der Waals surface area contributed by atoms with Crippen molar-refractivity contribution in [2.75, 3.05) is 0 Å². The predicted octanol–water partition coefficient (Wildman–Crippen LogP) is 3.70. The monoisotopic (exact) mass is 312 g/mol. The van der Waals surface area contributed by atoms with Gasteiger partial charge in [0, 0.05) is 10.3 Å². The van der Waals surface area contributed by atoms with Crippen LogP contribution in [0, 0.1) is 11.6 Å². The van der Waals surface area contributed by atoms with Crippen LogP contribution in [-0.4, -0.2) is 15.1 Å². The highest BCUT2D eigenvalue weighted by molar-refractivity contribution is 7.18. The van der Waals surface area contributed by atoms with Gasteiger partial charge in [-0.2, -0.15) is 0 Å². The SMILES string of the molecule is OC(c1cc2c(Cl)ncnc2s1)c1c(F)cccc1F. The van der Waals surface area contributed by atoms with Crippen LogP contribution in [0.15, 0.2) is 30.6 Å². The molecule has 102 valence electrons. The number of fused-ring (bicyclic) bond motifs is 1. The molecule has 7 heteroatoms. The fourth-order valence-corrected chi connectivity index (χ4v) is 3.13. The first-order valence-electron chi connectivity index (χ1n) is 5.60. The summed E-state index contributed by atoms with van der Waals surface area (Å²) in [6.45, 7) is 0. The van der Waals surface area contributed by atoms with E-state index in [2.05, 4.69) is 9.97 Å². The molecule has 0 amide bonds. The summed E-state index contributed by atoms with van der Waals surface area (Å²) < 4.78 is 27.3. The highest BCUT2D eigenvalue weighted by Crippen LogP contribution is 2.35. The molecule has 0 spiro atoms. The van der Waals surface area contributed by atoms with Crippen molar-refractivity contribution in [1.82, 2.24) is 9.97 Å². The van der Waals surface area contributed by atoms with E-state index in [4.69, 9.17) is 11.6 Å². The quantitative estimate of drug-likeness (QED) is 0.734. The highest BCUT2D eigenvalue weighted by Gasteiger charge is 2.22. The molecular formula is C13H7ClF2N2OS. The number of benzene rings is 1. The van der Waals surface area contributed by atoms with Crippen LogP contribution in [0.2, 0.25) is 5.15 Å². The summed E-state index contributed by atoms with van der Waals surface area (Å²) in [7, 11) is 0. The Morgan fingerprint density at radius 3 is 2.55 bits per heavy atom. The Morgan fingerprint density at radius 1 is 1.20 bits per heavy atom. The van der Waals surface area contributed by atoms with Gasteiger partial charge in [0.1, 0.15) is 34.0 Å². The fraction of sp³-hybridized carbons (Fsp3) is 0.0769. The number of aliphatic hydroxyl groups is 1. The van der Waals surface area contributed by atoms with E-state index in [9.17, 15) is 13.9 Å². The molecule has 0 aliphatic rings. The van der Waals surface area contributed by atoms with Gasteiger partial charge >= 0.3 is 0 Å². The van der Waals surface area contributed by atoms with Crippen LogP contribution in [-0.2, 0) is 0 Å². The van der Waals surface area contributed by atoms with Crippen LogP contribution >= 0.6 is 22.9 Å². The molecular weight excluding hydrogens is 306 g/mol. The van der Waals surface area contributed by atoms with Crippen LogP contribution in [0.3, 0.4) is 0 Å². The van der Waals surface area contributed by atoms with E-state index >= 15 is 0 Å². The Kier molecular flexibility index (Phi) is 3.37. The molecule has 3 nitrogen and oxygen atoms in total. The molecule has 2 aromatic heterocycles. The van der Waals surface area contributed by atoms with Crippen molar-refractivity contribution in [3.05, 3.63) is 57.8 Å². The molecule has 0 radical (unpaired) electrons. The normalized spacial score (nSPS) is 12.8. The lowest BCUT2D eigenvalue weighted by atomic mass is 10.1. The summed E-state index contributed by atoms with van der Waals surface area (Å²) in [6, 6.07) is 4.98. The maximum atomic E-state index is 13.7. The van der Waals surface area contributed by atoms with E-state index in [1.165, 1.54) is 12.4 Å². The first-order chi connectivity index (χ1) is 9.58. The average molecular weight is 313 g/mol. The molecule has 20 heavy (non-hydrogen) atoms. The molecule has 0 aliphatic heterocycles. The van der Waals surface area contributed by atoms with E-state index in [1.54, 1.807) is 6.07 Å². The number of thiophene rings is 1. The topological polar surface area (TPSA) is 46.0 Å². The van der Waals surface area contributed by atoms with Gasteiger partial charge in [-0.15, -0.1) is 11.3 Å². The third kappa shape index (κ3) is 2.15. The summed E-state index contributed by atoms with van der Waals surface area (Å²) in [6.07, 6.45) is -0.118. The van der Waals surface area contributed by atoms with Crippen molar-refractivity contribution in [3.63, 3.8) is 0 Å². The summed E-state index contributed by atoms with van der Waals surface area (Å²) >= 11 is 7.02. The third-order valence-corrected chi connectivity index (χ3v) is 4.24. The number of hydrogen-bond donors (Lipinski definition) is 1. The summed E-state index contributed by atoms with van der Waals surface area (Å²) in [5.41, 5.74) is -0.386. The Balaban J connectivity index is 2.13. The Labute approximate surface area is 121 Å². The van der Waals surface area contributed by atoms with Gasteiger partial charge in [0.05, 0.1) is 5.56 Å². The molecule has 1 unspecified atom stereocenters. The van der Waals surface area contributed by atoms with Crippen molar-refractivity contribution < 1.29 is 13.9 Å². The Morgan fingerprint density at radius 2 is 1.90 bits per heavy atom. The van der Waals surface area contributed by atoms with Gasteiger partial charge in [0.15, 0.2) is 0 Å². The van der Waals surface area contributed by atoms with Crippen LogP contribution in [0.5, 0.6) is 0 Å². The predicted molar refractivity (Wildman–Crippen MR) is 72.8 cm³/mol. The zero-order valence-corrected chi connectivity index (χ0v) is 11.4. The first kappa shape index (κ1) is 13.4. The van der Waals surface area contributed by atoms with Gasteiger partial charge in [-0.05, 0) is 18.2 Å². The van der Waals surface area contributed by atoms with Crippen molar-refractivity contribution in [2.45, 2.75) is 6.10 Å². The molecule has 0 saturated heterocycles. The minimum Gasteiger partial charge on any atom is -0.383 e. The molecule has 2 heterocycles. The summed E-state index contributed by atoms with van der Waals surface area (Å²) in [5.74, 6) is -1.60. The fourth-order valence-electron chi connectivity index (χ4n) is 1.89. The second-order valence-electron chi connectivity index (χ2n) is 4.07. The van der Waals surface area contributed by atoms with Crippen molar-refractivity contribution >= 4 is 33.2 Å². The summed E-state index contributed by atoms with van der Waals surface area (Å²) in [4.78, 5) is 8.73. The third-order valence-electron chi connectivity index (χ3n) is 2.84. The Hall–Kier alpha value is -1.63. The van der Waals surface area contributed by atoms with Gasteiger partial charge in [-0.25, -0.2) is 18.7 Å². The van der Waals surface area contributed by atoms with Crippen LogP contribution < -0.4 is 0 Å². The minimum absolute atomic E-state index is 0.235. The van der Waals surface area contributed by atoms with Gasteiger partial charge in [-0.3, -0.25) is 0 Å². The first-order valence-corrected chi connectivity index (χ1v) is 6.79. The molecule has 0 bridgehead atoms. The zero-order chi connectivity index (χ0) is 14.3.